The fourth-order valence-electron chi connectivity index (χ4n) is 1.55. The van der Waals surface area contributed by atoms with E-state index in [0.717, 1.165) is 19.5 Å². The van der Waals surface area contributed by atoms with Crippen molar-refractivity contribution in [3.05, 3.63) is 11.6 Å². The Labute approximate surface area is 94.9 Å². The molecule has 15 heavy (non-hydrogen) atoms. The van der Waals surface area contributed by atoms with Crippen molar-refractivity contribution in [2.75, 3.05) is 27.2 Å². The van der Waals surface area contributed by atoms with Gasteiger partial charge in [0.15, 0.2) is 0 Å². The van der Waals surface area contributed by atoms with Crippen LogP contribution in [0, 0.1) is 0 Å². The van der Waals surface area contributed by atoms with Crippen LogP contribution in [-0.4, -0.2) is 37.6 Å². The third-order valence-corrected chi connectivity index (χ3v) is 2.56. The van der Waals surface area contributed by atoms with Crippen LogP contribution in [-0.2, 0) is 0 Å². The first kappa shape index (κ1) is 14.6. The Morgan fingerprint density at radius 2 is 1.93 bits per heavy atom. The first-order valence-electron chi connectivity index (χ1n) is 5.74. The Morgan fingerprint density at radius 1 is 1.33 bits per heavy atom. The molecule has 0 spiro atoms. The normalized spacial score (nSPS) is 13.7. The van der Waals surface area contributed by atoms with Crippen LogP contribution in [0.1, 0.15) is 34.1 Å². The molecular formula is C12H27N3. The third-order valence-electron chi connectivity index (χ3n) is 2.56. The highest BCUT2D eigenvalue weighted by Gasteiger charge is 2.21. The molecule has 0 fully saturated rings. The Hall–Kier alpha value is -0.380. The van der Waals surface area contributed by atoms with Crippen molar-refractivity contribution in [1.82, 2.24) is 15.8 Å². The molecule has 0 saturated carbocycles. The molecule has 0 aromatic rings. The first-order chi connectivity index (χ1) is 6.94. The maximum absolute atomic E-state index is 3.35. The second kappa shape index (κ2) is 6.99. The van der Waals surface area contributed by atoms with E-state index in [4.69, 9.17) is 0 Å². The molecule has 0 aromatic heterocycles. The van der Waals surface area contributed by atoms with Crippen LogP contribution in [0.4, 0.5) is 0 Å². The van der Waals surface area contributed by atoms with Gasteiger partial charge in [0.1, 0.15) is 0 Å². The number of hydrazine groups is 1. The highest BCUT2D eigenvalue weighted by Crippen LogP contribution is 2.18. The number of hydrogen-bond donors (Lipinski definition) is 2. The fourth-order valence-corrected chi connectivity index (χ4v) is 1.55. The molecule has 0 aliphatic heterocycles. The minimum atomic E-state index is 0.0285. The van der Waals surface area contributed by atoms with Gasteiger partial charge < -0.3 is 4.90 Å². The topological polar surface area (TPSA) is 27.3 Å². The summed E-state index contributed by atoms with van der Waals surface area (Å²) in [5, 5.41) is 0. The van der Waals surface area contributed by atoms with Crippen molar-refractivity contribution in [2.24, 2.45) is 0 Å². The van der Waals surface area contributed by atoms with E-state index >= 15 is 0 Å². The van der Waals surface area contributed by atoms with E-state index in [1.165, 1.54) is 5.57 Å². The third kappa shape index (κ3) is 5.92. The standard InChI is InChI=1S/C12H27N3/c1-7-11(9-10-15(5)6)12(3,4)14-13-8-2/h7,13-14H,8-10H2,1-6H3/b11-7-. The second-order valence-electron chi connectivity index (χ2n) is 4.65. The molecule has 3 heteroatoms. The fraction of sp³-hybridized carbons (Fsp3) is 0.833. The summed E-state index contributed by atoms with van der Waals surface area (Å²) in [7, 11) is 4.22. The van der Waals surface area contributed by atoms with Crippen LogP contribution >= 0.6 is 0 Å². The lowest BCUT2D eigenvalue weighted by Gasteiger charge is -2.30. The summed E-state index contributed by atoms with van der Waals surface area (Å²) in [6.45, 7) is 10.7. The zero-order valence-electron chi connectivity index (χ0n) is 11.1. The number of hydrogen-bond acceptors (Lipinski definition) is 3. The Balaban J connectivity index is 4.25. The van der Waals surface area contributed by atoms with Gasteiger partial charge >= 0.3 is 0 Å². The van der Waals surface area contributed by atoms with Crippen LogP contribution in [0.25, 0.3) is 0 Å². The molecule has 0 aliphatic carbocycles. The van der Waals surface area contributed by atoms with Gasteiger partial charge in [-0.3, -0.25) is 5.43 Å². The zero-order chi connectivity index (χ0) is 11.9. The molecule has 0 rings (SSSR count). The van der Waals surface area contributed by atoms with Crippen LogP contribution in [0.5, 0.6) is 0 Å². The van der Waals surface area contributed by atoms with E-state index in [0.29, 0.717) is 0 Å². The summed E-state index contributed by atoms with van der Waals surface area (Å²) in [5.74, 6) is 0. The van der Waals surface area contributed by atoms with Crippen molar-refractivity contribution < 1.29 is 0 Å². The molecule has 0 unspecified atom stereocenters. The summed E-state index contributed by atoms with van der Waals surface area (Å²) < 4.78 is 0. The van der Waals surface area contributed by atoms with E-state index in [-0.39, 0.29) is 5.54 Å². The summed E-state index contributed by atoms with van der Waals surface area (Å²) in [6.07, 6.45) is 3.32. The lowest BCUT2D eigenvalue weighted by molar-refractivity contribution is 0.352. The average Bonchev–Trinajstić information content (AvgIpc) is 2.15. The van der Waals surface area contributed by atoms with Gasteiger partial charge in [-0.05, 0) is 41.3 Å². The monoisotopic (exact) mass is 213 g/mol. The lowest BCUT2D eigenvalue weighted by Crippen LogP contribution is -2.49. The number of nitrogens with one attached hydrogen (secondary N) is 2. The van der Waals surface area contributed by atoms with Gasteiger partial charge in [0.2, 0.25) is 0 Å². The second-order valence-corrected chi connectivity index (χ2v) is 4.65. The van der Waals surface area contributed by atoms with Crippen LogP contribution < -0.4 is 10.9 Å². The molecule has 0 saturated heterocycles. The first-order valence-corrected chi connectivity index (χ1v) is 5.74. The van der Waals surface area contributed by atoms with Gasteiger partial charge in [0, 0.05) is 18.6 Å². The highest BCUT2D eigenvalue weighted by atomic mass is 15.4. The maximum atomic E-state index is 3.35. The van der Waals surface area contributed by atoms with Crippen molar-refractivity contribution >= 4 is 0 Å². The number of allylic oxidation sites excluding steroid dienone is 1. The highest BCUT2D eigenvalue weighted by molar-refractivity contribution is 5.16. The minimum absolute atomic E-state index is 0.0285. The lowest BCUT2D eigenvalue weighted by atomic mass is 9.92. The summed E-state index contributed by atoms with van der Waals surface area (Å²) in [5.41, 5.74) is 8.00. The van der Waals surface area contributed by atoms with Gasteiger partial charge in [-0.1, -0.05) is 18.6 Å². The van der Waals surface area contributed by atoms with Gasteiger partial charge in [0.25, 0.3) is 0 Å². The number of rotatable bonds is 7. The molecule has 0 radical (unpaired) electrons. The minimum Gasteiger partial charge on any atom is -0.309 e. The summed E-state index contributed by atoms with van der Waals surface area (Å²) in [4.78, 5) is 2.22. The Morgan fingerprint density at radius 3 is 2.33 bits per heavy atom. The largest absolute Gasteiger partial charge is 0.309 e. The summed E-state index contributed by atoms with van der Waals surface area (Å²) >= 11 is 0. The molecule has 90 valence electrons. The van der Waals surface area contributed by atoms with Gasteiger partial charge in [-0.2, -0.15) is 0 Å². The molecule has 3 nitrogen and oxygen atoms in total. The predicted octanol–water partition coefficient (Wildman–Crippen LogP) is 1.78. The van der Waals surface area contributed by atoms with Crippen molar-refractivity contribution in [3.63, 3.8) is 0 Å². The molecule has 0 atom stereocenters. The molecular weight excluding hydrogens is 186 g/mol. The molecule has 0 aliphatic rings. The van der Waals surface area contributed by atoms with E-state index < -0.39 is 0 Å². The molecule has 0 amide bonds. The molecule has 0 bridgehead atoms. The van der Waals surface area contributed by atoms with Crippen LogP contribution in [0.2, 0.25) is 0 Å². The Kier molecular flexibility index (Phi) is 6.81. The van der Waals surface area contributed by atoms with Crippen LogP contribution in [0.15, 0.2) is 11.6 Å². The maximum Gasteiger partial charge on any atom is 0.0476 e. The molecule has 0 heterocycles. The SMILES string of the molecule is C/C=C(/CCN(C)C)C(C)(C)NNCC. The van der Waals surface area contributed by atoms with E-state index in [1.807, 2.05) is 0 Å². The van der Waals surface area contributed by atoms with Crippen LogP contribution in [0.3, 0.4) is 0 Å². The summed E-state index contributed by atoms with van der Waals surface area (Å²) in [6, 6.07) is 0. The van der Waals surface area contributed by atoms with E-state index in [9.17, 15) is 0 Å². The van der Waals surface area contributed by atoms with Gasteiger partial charge in [0.05, 0.1) is 0 Å². The molecule has 0 aromatic carbocycles. The smallest absolute Gasteiger partial charge is 0.0476 e. The van der Waals surface area contributed by atoms with Crippen molar-refractivity contribution in [2.45, 2.75) is 39.7 Å². The van der Waals surface area contributed by atoms with E-state index in [1.54, 1.807) is 0 Å². The predicted molar refractivity (Wildman–Crippen MR) is 67.8 cm³/mol. The zero-order valence-corrected chi connectivity index (χ0v) is 11.1. The quantitative estimate of drug-likeness (QED) is 0.498. The van der Waals surface area contributed by atoms with Crippen molar-refractivity contribution in [3.8, 4) is 0 Å². The van der Waals surface area contributed by atoms with Gasteiger partial charge in [-0.25, -0.2) is 5.43 Å². The average molecular weight is 213 g/mol. The van der Waals surface area contributed by atoms with Gasteiger partial charge in [-0.15, -0.1) is 0 Å². The molecule has 2 N–H and O–H groups in total. The van der Waals surface area contributed by atoms with E-state index in [2.05, 4.69) is 63.6 Å². The van der Waals surface area contributed by atoms with Crippen molar-refractivity contribution in [1.29, 1.82) is 0 Å². The Bertz CT molecular complexity index is 195. The number of nitrogens with zero attached hydrogens (tertiary/aromatic N) is 1.